The van der Waals surface area contributed by atoms with E-state index >= 15 is 0 Å². The number of carbonyl (C=O) groups is 2. The molecule has 0 unspecified atom stereocenters. The number of methoxy groups -OCH3 is 1. The lowest BCUT2D eigenvalue weighted by Crippen LogP contribution is -2.24. The van der Waals surface area contributed by atoms with Crippen LogP contribution >= 0.6 is 0 Å². The van der Waals surface area contributed by atoms with Crippen molar-refractivity contribution in [2.75, 3.05) is 33.1 Å². The van der Waals surface area contributed by atoms with Gasteiger partial charge in [-0.15, -0.1) is 0 Å². The molecule has 2 aromatic rings. The molecule has 0 fully saturated rings. The number of hydrogen-bond donors (Lipinski definition) is 2. The Kier molecular flexibility index (Phi) is 6.60. The van der Waals surface area contributed by atoms with Gasteiger partial charge in [0.15, 0.2) is 6.61 Å². The number of nitrogens with one attached hydrogen (secondary N) is 1. The van der Waals surface area contributed by atoms with Crippen molar-refractivity contribution in [1.82, 2.24) is 4.31 Å². The molecule has 0 aliphatic rings. The molecule has 1 amide bonds. The minimum absolute atomic E-state index is 0.0703. The van der Waals surface area contributed by atoms with Gasteiger partial charge in [-0.2, -0.15) is 0 Å². The van der Waals surface area contributed by atoms with Gasteiger partial charge in [0.2, 0.25) is 10.0 Å². The summed E-state index contributed by atoms with van der Waals surface area (Å²) in [7, 11) is 0.280. The maximum atomic E-state index is 12.4. The summed E-state index contributed by atoms with van der Waals surface area (Å²) in [5.74, 6) is -1.68. The average molecular weight is 408 g/mol. The lowest BCUT2D eigenvalue weighted by atomic mass is 10.2. The molecule has 2 aromatic carbocycles. The van der Waals surface area contributed by atoms with Crippen LogP contribution in [0.2, 0.25) is 0 Å². The summed E-state index contributed by atoms with van der Waals surface area (Å²) in [6.07, 6.45) is 0. The molecular weight excluding hydrogens is 388 g/mol. The van der Waals surface area contributed by atoms with Crippen LogP contribution in [0.4, 0.5) is 5.69 Å². The molecule has 0 saturated carbocycles. The Balaban J connectivity index is 2.10. The zero-order valence-corrected chi connectivity index (χ0v) is 16.3. The van der Waals surface area contributed by atoms with Crippen LogP contribution in [-0.2, 0) is 19.6 Å². The highest BCUT2D eigenvalue weighted by Crippen LogP contribution is 2.28. The first kappa shape index (κ1) is 21.2. The second-order valence-electron chi connectivity index (χ2n) is 5.79. The highest BCUT2D eigenvalue weighted by molar-refractivity contribution is 7.89. The Morgan fingerprint density at radius 2 is 1.82 bits per heavy atom. The predicted octanol–water partition coefficient (Wildman–Crippen LogP) is 1.45. The van der Waals surface area contributed by atoms with Crippen molar-refractivity contribution in [3.8, 4) is 11.5 Å². The third-order valence-corrected chi connectivity index (χ3v) is 5.50. The zero-order chi connectivity index (χ0) is 20.9. The fourth-order valence-electron chi connectivity index (χ4n) is 2.20. The maximum Gasteiger partial charge on any atom is 0.342 e. The van der Waals surface area contributed by atoms with E-state index in [4.69, 9.17) is 9.47 Å². The van der Waals surface area contributed by atoms with Crippen LogP contribution in [0.3, 0.4) is 0 Å². The smallest absolute Gasteiger partial charge is 0.342 e. The Hall–Kier alpha value is -3.11. The average Bonchev–Trinajstić information content (AvgIpc) is 2.66. The van der Waals surface area contributed by atoms with Crippen molar-refractivity contribution in [2.24, 2.45) is 0 Å². The van der Waals surface area contributed by atoms with Crippen LogP contribution in [0.15, 0.2) is 47.4 Å². The van der Waals surface area contributed by atoms with Crippen LogP contribution in [0.5, 0.6) is 11.5 Å². The Morgan fingerprint density at radius 1 is 1.14 bits per heavy atom. The van der Waals surface area contributed by atoms with Gasteiger partial charge < -0.3 is 19.9 Å². The Bertz CT molecular complexity index is 987. The number of rotatable bonds is 7. The Morgan fingerprint density at radius 3 is 2.43 bits per heavy atom. The van der Waals surface area contributed by atoms with Crippen molar-refractivity contribution in [1.29, 1.82) is 0 Å². The first-order valence-corrected chi connectivity index (χ1v) is 9.46. The number of aromatic hydroxyl groups is 1. The first-order valence-electron chi connectivity index (χ1n) is 8.02. The zero-order valence-electron chi connectivity index (χ0n) is 15.5. The Labute approximate surface area is 162 Å². The van der Waals surface area contributed by atoms with Gasteiger partial charge in [0.25, 0.3) is 5.91 Å². The van der Waals surface area contributed by atoms with E-state index in [1.807, 2.05) is 0 Å². The number of amides is 1. The van der Waals surface area contributed by atoms with Crippen molar-refractivity contribution >= 4 is 27.6 Å². The second kappa shape index (κ2) is 8.72. The van der Waals surface area contributed by atoms with Crippen molar-refractivity contribution < 1.29 is 32.6 Å². The SMILES string of the molecule is COc1ccc(NC(=O)COC(=O)c2ccccc2O)cc1S(=O)(=O)N(C)C. The lowest BCUT2D eigenvalue weighted by molar-refractivity contribution is -0.119. The third kappa shape index (κ3) is 4.78. The summed E-state index contributed by atoms with van der Waals surface area (Å²) < 4.78 is 35.7. The number of ether oxygens (including phenoxy) is 2. The van der Waals surface area contributed by atoms with Crippen LogP contribution in [0.25, 0.3) is 0 Å². The van der Waals surface area contributed by atoms with Crippen LogP contribution in [-0.4, -0.2) is 57.5 Å². The quantitative estimate of drug-likeness (QED) is 0.665. The number of anilines is 1. The van der Waals surface area contributed by atoms with E-state index < -0.39 is 28.5 Å². The molecular formula is C18H20N2O7S. The fraction of sp³-hybridized carbons (Fsp3) is 0.222. The molecule has 2 N–H and O–H groups in total. The summed E-state index contributed by atoms with van der Waals surface area (Å²) in [4.78, 5) is 23.8. The van der Waals surface area contributed by atoms with E-state index in [1.54, 1.807) is 12.1 Å². The molecule has 0 atom stereocenters. The molecule has 0 aliphatic heterocycles. The number of benzene rings is 2. The highest BCUT2D eigenvalue weighted by atomic mass is 32.2. The molecule has 0 aromatic heterocycles. The van der Waals surface area contributed by atoms with Gasteiger partial charge in [-0.3, -0.25) is 4.79 Å². The fourth-order valence-corrected chi connectivity index (χ4v) is 3.28. The van der Waals surface area contributed by atoms with Gasteiger partial charge in [-0.25, -0.2) is 17.5 Å². The summed E-state index contributed by atoms with van der Waals surface area (Å²) in [6, 6.07) is 9.87. The van der Waals surface area contributed by atoms with Crippen LogP contribution < -0.4 is 10.1 Å². The summed E-state index contributed by atoms with van der Waals surface area (Å²) >= 11 is 0. The number of esters is 1. The van der Waals surface area contributed by atoms with Crippen LogP contribution in [0.1, 0.15) is 10.4 Å². The minimum Gasteiger partial charge on any atom is -0.507 e. The molecule has 2 rings (SSSR count). The number of hydrogen-bond acceptors (Lipinski definition) is 7. The monoisotopic (exact) mass is 408 g/mol. The molecule has 150 valence electrons. The van der Waals surface area contributed by atoms with E-state index in [0.717, 1.165) is 4.31 Å². The molecule has 0 saturated heterocycles. The largest absolute Gasteiger partial charge is 0.507 e. The summed E-state index contributed by atoms with van der Waals surface area (Å²) in [5.41, 5.74) is 0.115. The number of phenols is 1. The van der Waals surface area contributed by atoms with Crippen molar-refractivity contribution in [3.63, 3.8) is 0 Å². The topological polar surface area (TPSA) is 122 Å². The number of nitrogens with zero attached hydrogens (tertiary/aromatic N) is 1. The van der Waals surface area contributed by atoms with E-state index in [-0.39, 0.29) is 27.6 Å². The third-order valence-electron chi connectivity index (χ3n) is 3.66. The first-order chi connectivity index (χ1) is 13.2. The summed E-state index contributed by atoms with van der Waals surface area (Å²) in [5, 5.41) is 12.1. The van der Waals surface area contributed by atoms with Crippen LogP contribution in [0, 0.1) is 0 Å². The molecule has 10 heteroatoms. The molecule has 0 aliphatic carbocycles. The molecule has 0 radical (unpaired) electrons. The number of para-hydroxylation sites is 1. The number of sulfonamides is 1. The maximum absolute atomic E-state index is 12.4. The lowest BCUT2D eigenvalue weighted by Gasteiger charge is -2.16. The van der Waals surface area contributed by atoms with Gasteiger partial charge in [0, 0.05) is 19.8 Å². The van der Waals surface area contributed by atoms with E-state index in [9.17, 15) is 23.1 Å². The molecule has 9 nitrogen and oxygen atoms in total. The summed E-state index contributed by atoms with van der Waals surface area (Å²) in [6.45, 7) is -0.616. The standard InChI is InChI=1S/C18H20N2O7S/c1-20(2)28(24,25)16-10-12(8-9-15(16)26-3)19-17(22)11-27-18(23)13-6-4-5-7-14(13)21/h4-10,21H,11H2,1-3H3,(H,19,22). The second-order valence-corrected chi connectivity index (χ2v) is 7.91. The normalized spacial score (nSPS) is 11.1. The number of carbonyl (C=O) groups excluding carboxylic acids is 2. The molecule has 0 spiro atoms. The predicted molar refractivity (Wildman–Crippen MR) is 101 cm³/mol. The van der Waals surface area contributed by atoms with E-state index in [0.29, 0.717) is 0 Å². The highest BCUT2D eigenvalue weighted by Gasteiger charge is 2.23. The molecule has 0 heterocycles. The van der Waals surface area contributed by atoms with Crippen molar-refractivity contribution in [3.05, 3.63) is 48.0 Å². The molecule has 0 bridgehead atoms. The van der Waals surface area contributed by atoms with Gasteiger partial charge in [0.05, 0.1) is 7.11 Å². The van der Waals surface area contributed by atoms with Gasteiger partial charge >= 0.3 is 5.97 Å². The van der Waals surface area contributed by atoms with Gasteiger partial charge in [-0.1, -0.05) is 12.1 Å². The van der Waals surface area contributed by atoms with Gasteiger partial charge in [-0.05, 0) is 30.3 Å². The van der Waals surface area contributed by atoms with Crippen molar-refractivity contribution in [2.45, 2.75) is 4.90 Å². The van der Waals surface area contributed by atoms with E-state index in [1.165, 1.54) is 51.5 Å². The number of phenolic OH excluding ortho intramolecular Hbond substituents is 1. The minimum atomic E-state index is -3.80. The molecule has 28 heavy (non-hydrogen) atoms. The van der Waals surface area contributed by atoms with E-state index in [2.05, 4.69) is 5.32 Å². The van der Waals surface area contributed by atoms with Gasteiger partial charge in [0.1, 0.15) is 22.0 Å².